The second-order valence-electron chi connectivity index (χ2n) is 4.80. The first-order valence-corrected chi connectivity index (χ1v) is 6.90. The summed E-state index contributed by atoms with van der Waals surface area (Å²) in [5.41, 5.74) is 6.35. The second kappa shape index (κ2) is 4.42. The van der Waals surface area contributed by atoms with Crippen molar-refractivity contribution in [2.45, 2.75) is 18.9 Å². The van der Waals surface area contributed by atoms with Gasteiger partial charge in [-0.1, -0.05) is 0 Å². The molecule has 3 heterocycles. The highest BCUT2D eigenvalue weighted by Gasteiger charge is 2.36. The number of carbonyl (C=O) groups excluding carboxylic acids is 1. The highest BCUT2D eigenvalue weighted by molar-refractivity contribution is 9.10. The van der Waals surface area contributed by atoms with E-state index in [-0.39, 0.29) is 0 Å². The largest absolute Gasteiger partial charge is 0.397 e. The lowest BCUT2D eigenvalue weighted by Crippen LogP contribution is -2.51. The van der Waals surface area contributed by atoms with Crippen molar-refractivity contribution in [2.75, 3.05) is 30.3 Å². The molecular formula is C12H15BrN4O. The molecule has 96 valence electrons. The molecule has 0 aliphatic carbocycles. The Hall–Kier alpha value is -1.30. The predicted octanol–water partition coefficient (Wildman–Crippen LogP) is 1.24. The number of amides is 1. The van der Waals surface area contributed by atoms with Crippen LogP contribution < -0.4 is 10.6 Å². The van der Waals surface area contributed by atoms with Crippen molar-refractivity contribution in [3.8, 4) is 0 Å². The van der Waals surface area contributed by atoms with Gasteiger partial charge in [-0.15, -0.1) is 0 Å². The summed E-state index contributed by atoms with van der Waals surface area (Å²) in [6, 6.07) is 2.21. The molecule has 3 rings (SSSR count). The fourth-order valence-corrected chi connectivity index (χ4v) is 3.35. The summed E-state index contributed by atoms with van der Waals surface area (Å²) < 4.78 is 0.917. The molecule has 0 radical (unpaired) electrons. The van der Waals surface area contributed by atoms with Crippen molar-refractivity contribution >= 4 is 33.3 Å². The van der Waals surface area contributed by atoms with Gasteiger partial charge in [-0.25, -0.2) is 4.98 Å². The quantitative estimate of drug-likeness (QED) is 0.847. The van der Waals surface area contributed by atoms with E-state index in [1.807, 2.05) is 11.0 Å². The zero-order chi connectivity index (χ0) is 12.7. The van der Waals surface area contributed by atoms with Crippen LogP contribution in [0.25, 0.3) is 0 Å². The fourth-order valence-electron chi connectivity index (χ4n) is 2.73. The van der Waals surface area contributed by atoms with Crippen LogP contribution >= 0.6 is 15.9 Å². The fraction of sp³-hybridized carbons (Fsp3) is 0.500. The van der Waals surface area contributed by atoms with E-state index in [2.05, 4.69) is 25.8 Å². The summed E-state index contributed by atoms with van der Waals surface area (Å²) in [6.45, 7) is 2.49. The maximum atomic E-state index is 11.6. The molecule has 2 N–H and O–H groups in total. The molecule has 18 heavy (non-hydrogen) atoms. The highest BCUT2D eigenvalue weighted by Crippen LogP contribution is 2.30. The van der Waals surface area contributed by atoms with Crippen LogP contribution in [-0.2, 0) is 4.79 Å². The number of rotatable bonds is 1. The van der Waals surface area contributed by atoms with Crippen LogP contribution in [-0.4, -0.2) is 41.5 Å². The lowest BCUT2D eigenvalue weighted by Gasteiger charge is -2.38. The van der Waals surface area contributed by atoms with Crippen molar-refractivity contribution in [2.24, 2.45) is 0 Å². The monoisotopic (exact) mass is 310 g/mol. The van der Waals surface area contributed by atoms with E-state index in [4.69, 9.17) is 5.73 Å². The van der Waals surface area contributed by atoms with E-state index in [9.17, 15) is 4.79 Å². The van der Waals surface area contributed by atoms with Crippen molar-refractivity contribution in [3.63, 3.8) is 0 Å². The first kappa shape index (κ1) is 11.8. The maximum absolute atomic E-state index is 11.6. The Morgan fingerprint density at radius 2 is 2.28 bits per heavy atom. The molecule has 2 saturated heterocycles. The minimum atomic E-state index is 0.295. The first-order valence-electron chi connectivity index (χ1n) is 6.10. The van der Waals surface area contributed by atoms with Crippen molar-refractivity contribution < 1.29 is 4.79 Å². The third-order valence-corrected chi connectivity index (χ3v) is 4.22. The smallest absolute Gasteiger partial charge is 0.223 e. The molecule has 2 aliphatic heterocycles. The predicted molar refractivity (Wildman–Crippen MR) is 73.3 cm³/mol. The Balaban J connectivity index is 1.80. The Bertz CT molecular complexity index is 493. The average Bonchev–Trinajstić information content (AvgIpc) is 2.71. The van der Waals surface area contributed by atoms with Gasteiger partial charge >= 0.3 is 0 Å². The Morgan fingerprint density at radius 1 is 1.44 bits per heavy atom. The van der Waals surface area contributed by atoms with Crippen LogP contribution in [0.2, 0.25) is 0 Å². The van der Waals surface area contributed by atoms with Crippen molar-refractivity contribution in [1.82, 2.24) is 9.88 Å². The molecule has 2 fully saturated rings. The van der Waals surface area contributed by atoms with Gasteiger partial charge in [0, 0.05) is 32.1 Å². The lowest BCUT2D eigenvalue weighted by molar-refractivity contribution is -0.129. The number of piperazine rings is 1. The van der Waals surface area contributed by atoms with E-state index < -0.39 is 0 Å². The van der Waals surface area contributed by atoms with E-state index in [0.29, 0.717) is 24.1 Å². The second-order valence-corrected chi connectivity index (χ2v) is 5.65. The van der Waals surface area contributed by atoms with Gasteiger partial charge in [-0.3, -0.25) is 4.79 Å². The Labute approximate surface area is 114 Å². The molecule has 1 amide bonds. The van der Waals surface area contributed by atoms with Gasteiger partial charge in [0.2, 0.25) is 5.91 Å². The molecule has 6 heteroatoms. The molecule has 0 bridgehead atoms. The van der Waals surface area contributed by atoms with Gasteiger partial charge < -0.3 is 15.5 Å². The summed E-state index contributed by atoms with van der Waals surface area (Å²) >= 11 is 3.50. The van der Waals surface area contributed by atoms with Gasteiger partial charge in [0.25, 0.3) is 0 Å². The number of nitrogens with zero attached hydrogens (tertiary/aromatic N) is 3. The molecule has 1 atom stereocenters. The molecule has 1 unspecified atom stereocenters. The van der Waals surface area contributed by atoms with Gasteiger partial charge in [-0.2, -0.15) is 0 Å². The number of nitrogen functional groups attached to an aromatic ring is 1. The number of hydrogen-bond acceptors (Lipinski definition) is 4. The van der Waals surface area contributed by atoms with Gasteiger partial charge in [0.15, 0.2) is 0 Å². The lowest BCUT2D eigenvalue weighted by atomic mass is 10.1. The summed E-state index contributed by atoms with van der Waals surface area (Å²) in [5, 5.41) is 0. The number of pyridine rings is 1. The number of fused-ring (bicyclic) bond motifs is 1. The maximum Gasteiger partial charge on any atom is 0.223 e. The summed E-state index contributed by atoms with van der Waals surface area (Å²) in [7, 11) is 0. The van der Waals surface area contributed by atoms with Crippen molar-refractivity contribution in [1.29, 1.82) is 0 Å². The topological polar surface area (TPSA) is 62.5 Å². The normalized spacial score (nSPS) is 23.4. The van der Waals surface area contributed by atoms with Crippen LogP contribution in [0.5, 0.6) is 0 Å². The zero-order valence-corrected chi connectivity index (χ0v) is 11.6. The van der Waals surface area contributed by atoms with Crippen LogP contribution in [0, 0.1) is 0 Å². The Morgan fingerprint density at radius 3 is 3.06 bits per heavy atom. The number of anilines is 2. The molecule has 0 spiro atoms. The van der Waals surface area contributed by atoms with Crippen LogP contribution in [0.3, 0.4) is 0 Å². The standard InChI is InChI=1S/C12H15BrN4O/c13-10-5-8(14)6-15-12(10)16-3-4-17-9(7-16)1-2-11(17)18/h5-6,9H,1-4,7,14H2. The summed E-state index contributed by atoms with van der Waals surface area (Å²) in [5.74, 6) is 1.21. The number of aromatic nitrogens is 1. The van der Waals surface area contributed by atoms with E-state index in [1.54, 1.807) is 6.20 Å². The molecule has 0 saturated carbocycles. The molecule has 1 aromatic heterocycles. The van der Waals surface area contributed by atoms with Crippen LogP contribution in [0.4, 0.5) is 11.5 Å². The first-order chi connectivity index (χ1) is 8.65. The molecular weight excluding hydrogens is 296 g/mol. The van der Waals surface area contributed by atoms with E-state index >= 15 is 0 Å². The molecule has 2 aliphatic rings. The van der Waals surface area contributed by atoms with Gasteiger partial charge in [0.05, 0.1) is 16.4 Å². The number of hydrogen-bond donors (Lipinski definition) is 1. The Kier molecular flexibility index (Phi) is 2.89. The average molecular weight is 311 g/mol. The number of carbonyl (C=O) groups is 1. The minimum Gasteiger partial charge on any atom is -0.397 e. The van der Waals surface area contributed by atoms with Crippen LogP contribution in [0.1, 0.15) is 12.8 Å². The molecule has 1 aromatic rings. The SMILES string of the molecule is Nc1cnc(N2CCN3C(=O)CCC3C2)c(Br)c1. The van der Waals surface area contributed by atoms with Crippen LogP contribution in [0.15, 0.2) is 16.7 Å². The number of nitrogens with two attached hydrogens (primary N) is 1. The van der Waals surface area contributed by atoms with E-state index in [1.165, 1.54) is 0 Å². The minimum absolute atomic E-state index is 0.295. The number of halogens is 1. The zero-order valence-electron chi connectivity index (χ0n) is 9.97. The molecule has 5 nitrogen and oxygen atoms in total. The van der Waals surface area contributed by atoms with Crippen molar-refractivity contribution in [3.05, 3.63) is 16.7 Å². The highest BCUT2D eigenvalue weighted by atomic mass is 79.9. The summed E-state index contributed by atoms with van der Waals surface area (Å²) in [6.07, 6.45) is 3.32. The third-order valence-electron chi connectivity index (χ3n) is 3.64. The van der Waals surface area contributed by atoms with Gasteiger partial charge in [-0.05, 0) is 28.4 Å². The third kappa shape index (κ3) is 1.94. The molecule has 0 aromatic carbocycles. The summed E-state index contributed by atoms with van der Waals surface area (Å²) in [4.78, 5) is 20.2. The van der Waals surface area contributed by atoms with E-state index in [0.717, 1.165) is 36.3 Å². The van der Waals surface area contributed by atoms with Gasteiger partial charge in [0.1, 0.15) is 5.82 Å².